The van der Waals surface area contributed by atoms with Crippen LogP contribution in [0.15, 0.2) is 11.5 Å². The lowest BCUT2D eigenvalue weighted by Crippen LogP contribution is -2.41. The second-order valence-corrected chi connectivity index (χ2v) is 4.42. The lowest BCUT2D eigenvalue weighted by atomic mass is 10.4. The molecule has 1 aliphatic heterocycles. The molecule has 0 saturated carbocycles. The monoisotopic (exact) mass is 219 g/mol. The summed E-state index contributed by atoms with van der Waals surface area (Å²) in [5.74, 6) is 0.782. The Bertz CT molecular complexity index is 220. The highest BCUT2D eigenvalue weighted by atomic mass is 32.2. The molecule has 0 amide bonds. The molecule has 1 heterocycles. The predicted octanol–water partition coefficient (Wildman–Crippen LogP) is 0.841. The van der Waals surface area contributed by atoms with E-state index < -0.39 is 6.29 Å². The quantitative estimate of drug-likeness (QED) is 0.562. The SMILES string of the molecule is C=C1CN(CC(O)OC)C(=S)CS1. The van der Waals surface area contributed by atoms with E-state index in [1.54, 1.807) is 11.8 Å². The molecule has 3 nitrogen and oxygen atoms in total. The molecule has 1 saturated heterocycles. The molecular formula is C8H13NO2S2. The second kappa shape index (κ2) is 4.95. The fourth-order valence-electron chi connectivity index (χ4n) is 1.03. The number of thiocarbonyl (C=S) groups is 1. The standard InChI is InChI=1S/C8H13NO2S2/c1-6-3-9(4-8(10)11-2)7(12)5-13-6/h8,10H,1,3-5H2,2H3. The Balaban J connectivity index is 2.46. The maximum atomic E-state index is 9.25. The van der Waals surface area contributed by atoms with Gasteiger partial charge in [0.05, 0.1) is 11.5 Å². The van der Waals surface area contributed by atoms with Gasteiger partial charge in [-0.05, 0) is 4.91 Å². The summed E-state index contributed by atoms with van der Waals surface area (Å²) in [4.78, 5) is 3.85. The van der Waals surface area contributed by atoms with Crippen LogP contribution in [0.3, 0.4) is 0 Å². The van der Waals surface area contributed by atoms with Crippen LogP contribution in [0.2, 0.25) is 0 Å². The van der Waals surface area contributed by atoms with Crippen LogP contribution in [0.1, 0.15) is 0 Å². The number of aliphatic hydroxyl groups excluding tert-OH is 1. The van der Waals surface area contributed by atoms with Gasteiger partial charge in [0.1, 0.15) is 0 Å². The van der Waals surface area contributed by atoms with Gasteiger partial charge in [0.2, 0.25) is 0 Å². The normalized spacial score (nSPS) is 20.6. The average Bonchev–Trinajstić information content (AvgIpc) is 2.11. The molecule has 0 aromatic carbocycles. The molecule has 0 aromatic rings. The number of methoxy groups -OCH3 is 1. The zero-order valence-corrected chi connectivity index (χ0v) is 9.16. The summed E-state index contributed by atoms with van der Waals surface area (Å²) >= 11 is 6.81. The van der Waals surface area contributed by atoms with E-state index in [9.17, 15) is 5.11 Å². The molecule has 1 N–H and O–H groups in total. The van der Waals surface area contributed by atoms with Crippen molar-refractivity contribution in [3.05, 3.63) is 11.5 Å². The second-order valence-electron chi connectivity index (χ2n) is 2.79. The number of thioether (sulfide) groups is 1. The average molecular weight is 219 g/mol. The minimum absolute atomic E-state index is 0.426. The Hall–Kier alpha value is -0.100. The van der Waals surface area contributed by atoms with Crippen molar-refractivity contribution in [2.75, 3.05) is 26.0 Å². The summed E-state index contributed by atoms with van der Waals surface area (Å²) < 4.78 is 4.75. The van der Waals surface area contributed by atoms with Crippen LogP contribution in [0.5, 0.6) is 0 Å². The summed E-state index contributed by atoms with van der Waals surface area (Å²) in [5.41, 5.74) is 0. The van der Waals surface area contributed by atoms with Gasteiger partial charge in [-0.3, -0.25) is 0 Å². The van der Waals surface area contributed by atoms with Crippen LogP contribution < -0.4 is 0 Å². The number of aliphatic hydroxyl groups is 1. The van der Waals surface area contributed by atoms with Crippen molar-refractivity contribution in [3.63, 3.8) is 0 Å². The molecule has 1 unspecified atom stereocenters. The third-order valence-corrected chi connectivity index (χ3v) is 3.31. The summed E-state index contributed by atoms with van der Waals surface area (Å²) in [6, 6.07) is 0. The molecule has 5 heteroatoms. The molecule has 0 aromatic heterocycles. The molecule has 13 heavy (non-hydrogen) atoms. The molecule has 0 radical (unpaired) electrons. The molecule has 1 fully saturated rings. The van der Waals surface area contributed by atoms with Gasteiger partial charge in [-0.15, -0.1) is 11.8 Å². The van der Waals surface area contributed by atoms with E-state index >= 15 is 0 Å². The van der Waals surface area contributed by atoms with Gasteiger partial charge in [-0.2, -0.15) is 0 Å². The van der Waals surface area contributed by atoms with Gasteiger partial charge in [-0.1, -0.05) is 18.8 Å². The zero-order chi connectivity index (χ0) is 9.84. The fraction of sp³-hybridized carbons (Fsp3) is 0.625. The van der Waals surface area contributed by atoms with Gasteiger partial charge in [0, 0.05) is 19.4 Å². The Morgan fingerprint density at radius 2 is 2.54 bits per heavy atom. The van der Waals surface area contributed by atoms with Crippen LogP contribution in [0, 0.1) is 0 Å². The summed E-state index contributed by atoms with van der Waals surface area (Å²) in [5, 5.41) is 9.25. The first-order chi connectivity index (χ1) is 6.13. The van der Waals surface area contributed by atoms with Crippen molar-refractivity contribution < 1.29 is 9.84 Å². The number of hydrogen-bond acceptors (Lipinski definition) is 4. The molecule has 1 aliphatic rings. The van der Waals surface area contributed by atoms with E-state index in [-0.39, 0.29) is 0 Å². The molecular weight excluding hydrogens is 206 g/mol. The van der Waals surface area contributed by atoms with Gasteiger partial charge >= 0.3 is 0 Å². The molecule has 0 aliphatic carbocycles. The highest BCUT2D eigenvalue weighted by Crippen LogP contribution is 2.22. The Morgan fingerprint density at radius 1 is 1.85 bits per heavy atom. The van der Waals surface area contributed by atoms with Gasteiger partial charge < -0.3 is 14.7 Å². The summed E-state index contributed by atoms with van der Waals surface area (Å²) in [6.07, 6.45) is -0.770. The van der Waals surface area contributed by atoms with Crippen molar-refractivity contribution in [1.29, 1.82) is 0 Å². The van der Waals surface area contributed by atoms with Gasteiger partial charge in [0.15, 0.2) is 6.29 Å². The lowest BCUT2D eigenvalue weighted by Gasteiger charge is -2.31. The van der Waals surface area contributed by atoms with Crippen LogP contribution in [-0.2, 0) is 4.74 Å². The van der Waals surface area contributed by atoms with Crippen molar-refractivity contribution >= 4 is 29.0 Å². The minimum atomic E-state index is -0.770. The summed E-state index contributed by atoms with van der Waals surface area (Å²) in [7, 11) is 1.47. The van der Waals surface area contributed by atoms with Crippen molar-refractivity contribution in [3.8, 4) is 0 Å². The first-order valence-electron chi connectivity index (χ1n) is 3.92. The van der Waals surface area contributed by atoms with E-state index in [4.69, 9.17) is 17.0 Å². The molecule has 74 valence electrons. The topological polar surface area (TPSA) is 32.7 Å². The van der Waals surface area contributed by atoms with E-state index in [2.05, 4.69) is 6.58 Å². The van der Waals surface area contributed by atoms with Crippen LogP contribution in [0.4, 0.5) is 0 Å². The van der Waals surface area contributed by atoms with E-state index in [1.807, 2.05) is 4.90 Å². The van der Waals surface area contributed by atoms with Crippen molar-refractivity contribution in [2.24, 2.45) is 0 Å². The number of ether oxygens (including phenoxy) is 1. The van der Waals surface area contributed by atoms with Crippen LogP contribution in [0.25, 0.3) is 0 Å². The van der Waals surface area contributed by atoms with E-state index in [1.165, 1.54) is 7.11 Å². The van der Waals surface area contributed by atoms with Crippen LogP contribution in [-0.4, -0.2) is 47.2 Å². The van der Waals surface area contributed by atoms with Gasteiger partial charge in [0.25, 0.3) is 0 Å². The number of nitrogens with zero attached hydrogens (tertiary/aromatic N) is 1. The van der Waals surface area contributed by atoms with Crippen molar-refractivity contribution in [1.82, 2.24) is 4.90 Å². The van der Waals surface area contributed by atoms with Gasteiger partial charge in [-0.25, -0.2) is 0 Å². The third-order valence-electron chi connectivity index (χ3n) is 1.77. The van der Waals surface area contributed by atoms with Crippen LogP contribution >= 0.6 is 24.0 Å². The lowest BCUT2D eigenvalue weighted by molar-refractivity contribution is -0.0815. The zero-order valence-electron chi connectivity index (χ0n) is 7.52. The summed E-state index contributed by atoms with van der Waals surface area (Å²) in [6.45, 7) is 5.01. The van der Waals surface area contributed by atoms with E-state index in [0.717, 1.165) is 15.6 Å². The predicted molar refractivity (Wildman–Crippen MR) is 58.8 cm³/mol. The van der Waals surface area contributed by atoms with E-state index in [0.29, 0.717) is 13.1 Å². The maximum Gasteiger partial charge on any atom is 0.171 e. The largest absolute Gasteiger partial charge is 0.366 e. The third kappa shape index (κ3) is 3.27. The molecule has 0 bridgehead atoms. The molecule has 0 spiro atoms. The number of hydrogen-bond donors (Lipinski definition) is 1. The number of rotatable bonds is 3. The Morgan fingerprint density at radius 3 is 3.15 bits per heavy atom. The first kappa shape index (κ1) is 11.0. The maximum absolute atomic E-state index is 9.25. The number of β-amino-alcohol motifs (C(OH)–C–C–N with tert-alkyl or cyclic N) is 1. The van der Waals surface area contributed by atoms with Crippen molar-refractivity contribution in [2.45, 2.75) is 6.29 Å². The highest BCUT2D eigenvalue weighted by molar-refractivity contribution is 8.04. The smallest absolute Gasteiger partial charge is 0.171 e. The Kier molecular flexibility index (Phi) is 4.18. The highest BCUT2D eigenvalue weighted by Gasteiger charge is 2.19. The molecule has 1 atom stereocenters. The fourth-order valence-corrected chi connectivity index (χ4v) is 2.10. The molecule has 1 rings (SSSR count). The minimum Gasteiger partial charge on any atom is -0.366 e. The first-order valence-corrected chi connectivity index (χ1v) is 5.32. The Labute approximate surface area is 87.7 Å².